The number of nitrogens with zero attached hydrogens (tertiary/aromatic N) is 3. The van der Waals surface area contributed by atoms with Crippen molar-refractivity contribution in [1.29, 1.82) is 0 Å². The van der Waals surface area contributed by atoms with Crippen molar-refractivity contribution in [2.45, 2.75) is 25.4 Å². The number of hydrogen-bond donors (Lipinski definition) is 0. The van der Waals surface area contributed by atoms with Gasteiger partial charge in [0, 0.05) is 61.3 Å². The van der Waals surface area contributed by atoms with Crippen molar-refractivity contribution in [2.75, 3.05) is 13.1 Å². The van der Waals surface area contributed by atoms with Crippen LogP contribution in [0, 0.1) is 11.7 Å². The summed E-state index contributed by atoms with van der Waals surface area (Å²) >= 11 is 0. The molecule has 0 saturated carbocycles. The number of aromatic nitrogens is 2. The predicted octanol–water partition coefficient (Wildman–Crippen LogP) is 3.67. The quantitative estimate of drug-likeness (QED) is 0.701. The smallest absolute Gasteiger partial charge is 0.258 e. The minimum Gasteiger partial charge on any atom is -0.311 e. The molecule has 142 valence electrons. The number of piperidine rings is 1. The maximum absolute atomic E-state index is 13.2. The van der Waals surface area contributed by atoms with Crippen molar-refractivity contribution in [3.05, 3.63) is 88.4 Å². The highest BCUT2D eigenvalue weighted by Gasteiger charge is 2.34. The van der Waals surface area contributed by atoms with E-state index in [1.54, 1.807) is 12.4 Å². The van der Waals surface area contributed by atoms with Gasteiger partial charge in [0.1, 0.15) is 5.82 Å². The van der Waals surface area contributed by atoms with Gasteiger partial charge in [-0.25, -0.2) is 4.39 Å². The van der Waals surface area contributed by atoms with Crippen LogP contribution in [-0.2, 0) is 13.1 Å². The van der Waals surface area contributed by atoms with Gasteiger partial charge >= 0.3 is 0 Å². The molecule has 0 spiro atoms. The fourth-order valence-electron chi connectivity index (χ4n) is 4.76. The molecule has 5 rings (SSSR count). The summed E-state index contributed by atoms with van der Waals surface area (Å²) in [5, 5.41) is 0. The number of pyridine rings is 2. The minimum atomic E-state index is -0.197. The van der Waals surface area contributed by atoms with E-state index < -0.39 is 0 Å². The Kier molecular flexibility index (Phi) is 4.32. The molecule has 0 aliphatic carbocycles. The fourth-order valence-corrected chi connectivity index (χ4v) is 4.76. The lowest BCUT2D eigenvalue weighted by Crippen LogP contribution is -2.46. The number of fused-ring (bicyclic) bond motifs is 4. The molecule has 5 heteroatoms. The molecule has 0 N–H and O–H groups in total. The Balaban J connectivity index is 1.42. The van der Waals surface area contributed by atoms with E-state index in [0.717, 1.165) is 55.0 Å². The molecule has 0 unspecified atom stereocenters. The van der Waals surface area contributed by atoms with Crippen LogP contribution >= 0.6 is 0 Å². The molecule has 2 atom stereocenters. The van der Waals surface area contributed by atoms with Gasteiger partial charge in [-0.1, -0.05) is 18.2 Å². The van der Waals surface area contributed by atoms with E-state index in [4.69, 9.17) is 0 Å². The molecular weight excluding hydrogens is 353 g/mol. The van der Waals surface area contributed by atoms with Crippen molar-refractivity contribution in [1.82, 2.24) is 14.5 Å². The largest absolute Gasteiger partial charge is 0.311 e. The number of likely N-dealkylation sites (tertiary alicyclic amines) is 1. The van der Waals surface area contributed by atoms with Crippen LogP contribution in [-0.4, -0.2) is 27.5 Å². The number of halogens is 1. The first-order chi connectivity index (χ1) is 13.7. The molecule has 1 fully saturated rings. The van der Waals surface area contributed by atoms with Crippen LogP contribution in [0.3, 0.4) is 0 Å². The van der Waals surface area contributed by atoms with Gasteiger partial charge in [0.2, 0.25) is 0 Å². The second-order valence-corrected chi connectivity index (χ2v) is 7.95. The van der Waals surface area contributed by atoms with E-state index in [1.807, 2.05) is 34.9 Å². The SMILES string of the molecule is O=c1c(-c2cccnc2)ccc2n1C[C@H]1C[C@@H]2CN(Cc2ccc(F)cc2)C1. The van der Waals surface area contributed by atoms with Gasteiger partial charge in [-0.15, -0.1) is 0 Å². The summed E-state index contributed by atoms with van der Waals surface area (Å²) in [6.45, 7) is 3.49. The third-order valence-electron chi connectivity index (χ3n) is 5.97. The van der Waals surface area contributed by atoms with Crippen LogP contribution in [0.25, 0.3) is 11.1 Å². The standard InChI is InChI=1S/C23H22FN3O/c24-20-5-3-16(4-6-20)12-26-13-17-10-19(15-26)22-8-7-21(23(28)27(22)14-17)18-2-1-9-25-11-18/h1-9,11,17,19H,10,12-15H2/t17-,19+/m0/s1. The van der Waals surface area contributed by atoms with Crippen LogP contribution in [0.1, 0.15) is 23.6 Å². The Morgan fingerprint density at radius 2 is 1.89 bits per heavy atom. The van der Waals surface area contributed by atoms with E-state index >= 15 is 0 Å². The topological polar surface area (TPSA) is 38.1 Å². The second-order valence-electron chi connectivity index (χ2n) is 7.95. The van der Waals surface area contributed by atoms with E-state index in [-0.39, 0.29) is 11.4 Å². The van der Waals surface area contributed by atoms with Gasteiger partial charge in [0.05, 0.1) is 0 Å². The zero-order valence-electron chi connectivity index (χ0n) is 15.6. The molecule has 1 saturated heterocycles. The minimum absolute atomic E-state index is 0.0900. The van der Waals surface area contributed by atoms with Gasteiger partial charge in [0.15, 0.2) is 0 Å². The van der Waals surface area contributed by atoms with Crippen molar-refractivity contribution >= 4 is 0 Å². The second kappa shape index (κ2) is 6.99. The first-order valence-electron chi connectivity index (χ1n) is 9.78. The lowest BCUT2D eigenvalue weighted by atomic mass is 9.82. The van der Waals surface area contributed by atoms with Crippen molar-refractivity contribution in [3.63, 3.8) is 0 Å². The molecule has 28 heavy (non-hydrogen) atoms. The number of hydrogen-bond acceptors (Lipinski definition) is 3. The van der Waals surface area contributed by atoms with E-state index in [2.05, 4.69) is 16.0 Å². The maximum atomic E-state index is 13.2. The molecule has 4 heterocycles. The van der Waals surface area contributed by atoms with Crippen LogP contribution in [0.5, 0.6) is 0 Å². The van der Waals surface area contributed by atoms with Gasteiger partial charge in [-0.2, -0.15) is 0 Å². The average molecular weight is 375 g/mol. The molecule has 3 aromatic rings. The zero-order valence-corrected chi connectivity index (χ0v) is 15.6. The number of benzene rings is 1. The van der Waals surface area contributed by atoms with Crippen LogP contribution < -0.4 is 5.56 Å². The van der Waals surface area contributed by atoms with Gasteiger partial charge in [0.25, 0.3) is 5.56 Å². The Bertz CT molecular complexity index is 1050. The Hall–Kier alpha value is -2.79. The van der Waals surface area contributed by atoms with Crippen molar-refractivity contribution in [3.8, 4) is 11.1 Å². The summed E-state index contributed by atoms with van der Waals surface area (Å²) in [7, 11) is 0. The predicted molar refractivity (Wildman–Crippen MR) is 106 cm³/mol. The molecule has 2 aliphatic rings. The molecule has 2 aliphatic heterocycles. The molecular formula is C23H22FN3O. The highest BCUT2D eigenvalue weighted by molar-refractivity contribution is 5.61. The normalized spacial score (nSPS) is 21.3. The van der Waals surface area contributed by atoms with E-state index in [9.17, 15) is 9.18 Å². The molecule has 0 radical (unpaired) electrons. The summed E-state index contributed by atoms with van der Waals surface area (Å²) in [6.07, 6.45) is 4.60. The first kappa shape index (κ1) is 17.3. The Labute approximate surface area is 163 Å². The molecule has 4 nitrogen and oxygen atoms in total. The summed E-state index contributed by atoms with van der Waals surface area (Å²) in [6, 6.07) is 14.6. The van der Waals surface area contributed by atoms with Crippen LogP contribution in [0.15, 0.2) is 65.7 Å². The summed E-state index contributed by atoms with van der Waals surface area (Å²) in [4.78, 5) is 19.7. The lowest BCUT2D eigenvalue weighted by molar-refractivity contribution is 0.114. The third-order valence-corrected chi connectivity index (χ3v) is 5.97. The molecule has 2 aromatic heterocycles. The Morgan fingerprint density at radius 3 is 2.68 bits per heavy atom. The molecule has 0 amide bonds. The van der Waals surface area contributed by atoms with Crippen molar-refractivity contribution in [2.24, 2.45) is 5.92 Å². The maximum Gasteiger partial charge on any atom is 0.258 e. The van der Waals surface area contributed by atoms with Crippen LogP contribution in [0.4, 0.5) is 4.39 Å². The Morgan fingerprint density at radius 1 is 1.04 bits per heavy atom. The monoisotopic (exact) mass is 375 g/mol. The van der Waals surface area contributed by atoms with Crippen molar-refractivity contribution < 1.29 is 4.39 Å². The zero-order chi connectivity index (χ0) is 19.1. The van der Waals surface area contributed by atoms with E-state index in [1.165, 1.54) is 12.1 Å². The highest BCUT2D eigenvalue weighted by Crippen LogP contribution is 2.36. The summed E-state index contributed by atoms with van der Waals surface area (Å²) in [5.74, 6) is 0.633. The van der Waals surface area contributed by atoms with Gasteiger partial charge in [-0.05, 0) is 48.2 Å². The molecule has 2 bridgehead atoms. The molecule has 1 aromatic carbocycles. The third kappa shape index (κ3) is 3.16. The number of rotatable bonds is 3. The highest BCUT2D eigenvalue weighted by atomic mass is 19.1. The lowest BCUT2D eigenvalue weighted by Gasteiger charge is -2.43. The summed E-state index contributed by atoms with van der Waals surface area (Å²) in [5.41, 5.74) is 3.95. The van der Waals surface area contributed by atoms with E-state index in [0.29, 0.717) is 11.8 Å². The summed E-state index contributed by atoms with van der Waals surface area (Å²) < 4.78 is 15.1. The van der Waals surface area contributed by atoms with Gasteiger partial charge < -0.3 is 4.57 Å². The van der Waals surface area contributed by atoms with Crippen LogP contribution in [0.2, 0.25) is 0 Å². The fraction of sp³-hybridized carbons (Fsp3) is 0.304. The first-order valence-corrected chi connectivity index (χ1v) is 9.78. The van der Waals surface area contributed by atoms with Gasteiger partial charge in [-0.3, -0.25) is 14.7 Å². The average Bonchev–Trinajstić information content (AvgIpc) is 2.71.